The average molecular weight is 420 g/mol. The van der Waals surface area contributed by atoms with Crippen LogP contribution in [0.5, 0.6) is 11.5 Å². The third kappa shape index (κ3) is 4.79. The van der Waals surface area contributed by atoms with Crippen LogP contribution in [0.25, 0.3) is 0 Å². The lowest BCUT2D eigenvalue weighted by Crippen LogP contribution is -2.33. The molecule has 0 N–H and O–H groups in total. The van der Waals surface area contributed by atoms with Crippen molar-refractivity contribution in [2.45, 2.75) is 32.8 Å². The lowest BCUT2D eigenvalue weighted by atomic mass is 10.1. The first-order valence-electron chi connectivity index (χ1n) is 10.7. The summed E-state index contributed by atoms with van der Waals surface area (Å²) < 4.78 is 12.0. The van der Waals surface area contributed by atoms with Crippen LogP contribution in [-0.2, 0) is 6.61 Å². The quantitative estimate of drug-likeness (QED) is 0.491. The topological polar surface area (TPSA) is 21.7 Å². The van der Waals surface area contributed by atoms with Gasteiger partial charge in [-0.15, -0.1) is 0 Å². The number of methoxy groups -OCH3 is 1. The first-order valence-corrected chi connectivity index (χ1v) is 11.7. The number of ether oxygens (including phenoxy) is 2. The molecule has 4 heteroatoms. The van der Waals surface area contributed by atoms with Crippen molar-refractivity contribution in [1.82, 2.24) is 0 Å². The van der Waals surface area contributed by atoms with Gasteiger partial charge in [0, 0.05) is 29.4 Å². The van der Waals surface area contributed by atoms with E-state index >= 15 is 0 Å². The molecule has 156 valence electrons. The molecule has 1 fully saturated rings. The van der Waals surface area contributed by atoms with E-state index in [0.717, 1.165) is 30.2 Å². The molecule has 0 saturated carbocycles. The number of rotatable bonds is 7. The summed E-state index contributed by atoms with van der Waals surface area (Å²) in [5.74, 6) is 1.65. The van der Waals surface area contributed by atoms with Crippen LogP contribution >= 0.6 is 8.58 Å². The first-order chi connectivity index (χ1) is 14.8. The Morgan fingerprint density at radius 3 is 2.40 bits per heavy atom. The van der Waals surface area contributed by atoms with Gasteiger partial charge in [-0.05, 0) is 49.4 Å². The summed E-state index contributed by atoms with van der Waals surface area (Å²) >= 11 is 0. The Labute approximate surface area is 181 Å². The summed E-state index contributed by atoms with van der Waals surface area (Å²) in [6.45, 7) is 5.05. The number of aryl methyl sites for hydroxylation is 1. The smallest absolute Gasteiger partial charge is 0.169 e. The van der Waals surface area contributed by atoms with E-state index in [2.05, 4.69) is 54.3 Å². The summed E-state index contributed by atoms with van der Waals surface area (Å²) in [5.41, 5.74) is 3.88. The fourth-order valence-electron chi connectivity index (χ4n) is 4.00. The Morgan fingerprint density at radius 1 is 0.867 bits per heavy atom. The molecule has 0 radical (unpaired) electrons. The second kappa shape index (κ2) is 10.00. The van der Waals surface area contributed by atoms with E-state index in [4.69, 9.17) is 9.47 Å². The highest BCUT2D eigenvalue weighted by atomic mass is 31.1. The molecular formula is C26H30NO2P. The predicted octanol–water partition coefficient (Wildman–Crippen LogP) is 5.20. The van der Waals surface area contributed by atoms with Crippen LogP contribution in [0.15, 0.2) is 66.7 Å². The van der Waals surface area contributed by atoms with Gasteiger partial charge in [0.15, 0.2) is 11.5 Å². The molecule has 0 aromatic heterocycles. The third-order valence-corrected chi connectivity index (χ3v) is 7.20. The zero-order chi connectivity index (χ0) is 20.8. The highest BCUT2D eigenvalue weighted by Crippen LogP contribution is 2.33. The largest absolute Gasteiger partial charge is 0.493 e. The van der Waals surface area contributed by atoms with Crippen LogP contribution in [-0.4, -0.2) is 20.2 Å². The van der Waals surface area contributed by atoms with Gasteiger partial charge in [0.1, 0.15) is 6.61 Å². The monoisotopic (exact) mass is 419 g/mol. The van der Waals surface area contributed by atoms with Crippen molar-refractivity contribution in [2.24, 2.45) is 0 Å². The van der Waals surface area contributed by atoms with Crippen molar-refractivity contribution in [2.75, 3.05) is 25.1 Å². The fourth-order valence-corrected chi connectivity index (χ4v) is 5.41. The number of hydrogen-bond acceptors (Lipinski definition) is 3. The molecule has 0 aliphatic carbocycles. The number of nitrogens with zero attached hydrogens (tertiary/aromatic N) is 1. The Morgan fingerprint density at radius 2 is 1.63 bits per heavy atom. The lowest BCUT2D eigenvalue weighted by molar-refractivity contribution is 0.287. The SMILES string of the molecule is COc1cccc(Pc2c(C)cccc2N2CCCCC2)c1OCc1ccccc1. The summed E-state index contributed by atoms with van der Waals surface area (Å²) in [7, 11) is 2.23. The van der Waals surface area contributed by atoms with Crippen LogP contribution < -0.4 is 25.0 Å². The molecule has 4 rings (SSSR count). The summed E-state index contributed by atoms with van der Waals surface area (Å²) in [5, 5.41) is 2.61. The average Bonchev–Trinajstić information content (AvgIpc) is 2.80. The van der Waals surface area contributed by atoms with E-state index in [1.807, 2.05) is 24.3 Å². The lowest BCUT2D eigenvalue weighted by Gasteiger charge is -2.31. The fraction of sp³-hybridized carbons (Fsp3) is 0.308. The molecule has 1 saturated heterocycles. The number of benzene rings is 3. The Bertz CT molecular complexity index is 968. The second-order valence-electron chi connectivity index (χ2n) is 7.75. The molecule has 0 amide bonds. The molecule has 1 unspecified atom stereocenters. The first kappa shape index (κ1) is 20.8. The van der Waals surface area contributed by atoms with Crippen LogP contribution in [0.2, 0.25) is 0 Å². The Balaban J connectivity index is 1.65. The van der Waals surface area contributed by atoms with Crippen molar-refractivity contribution in [3.8, 4) is 11.5 Å². The van der Waals surface area contributed by atoms with Gasteiger partial charge in [0.25, 0.3) is 0 Å². The van der Waals surface area contributed by atoms with Crippen molar-refractivity contribution in [1.29, 1.82) is 0 Å². The summed E-state index contributed by atoms with van der Waals surface area (Å²) in [4.78, 5) is 2.56. The van der Waals surface area contributed by atoms with Gasteiger partial charge in [-0.3, -0.25) is 0 Å². The highest BCUT2D eigenvalue weighted by Gasteiger charge is 2.19. The van der Waals surface area contributed by atoms with Gasteiger partial charge in [-0.25, -0.2) is 0 Å². The Hall–Kier alpha value is -2.51. The zero-order valence-electron chi connectivity index (χ0n) is 17.9. The van der Waals surface area contributed by atoms with Crippen molar-refractivity contribution in [3.05, 3.63) is 77.9 Å². The van der Waals surface area contributed by atoms with Crippen molar-refractivity contribution < 1.29 is 9.47 Å². The second-order valence-corrected chi connectivity index (χ2v) is 9.04. The number of para-hydroxylation sites is 1. The van der Waals surface area contributed by atoms with Crippen molar-refractivity contribution in [3.63, 3.8) is 0 Å². The van der Waals surface area contributed by atoms with E-state index in [9.17, 15) is 0 Å². The van der Waals surface area contributed by atoms with Gasteiger partial charge in [-0.1, -0.05) is 63.2 Å². The predicted molar refractivity (Wildman–Crippen MR) is 129 cm³/mol. The minimum Gasteiger partial charge on any atom is -0.493 e. The van der Waals surface area contributed by atoms with E-state index in [1.54, 1.807) is 7.11 Å². The maximum atomic E-state index is 6.31. The van der Waals surface area contributed by atoms with E-state index < -0.39 is 0 Å². The zero-order valence-corrected chi connectivity index (χ0v) is 18.9. The number of piperidine rings is 1. The summed E-state index contributed by atoms with van der Waals surface area (Å²) in [6, 6.07) is 23.2. The van der Waals surface area contributed by atoms with Gasteiger partial charge in [0.05, 0.1) is 7.11 Å². The van der Waals surface area contributed by atoms with Gasteiger partial charge in [0.2, 0.25) is 0 Å². The van der Waals surface area contributed by atoms with Crippen LogP contribution in [0.4, 0.5) is 5.69 Å². The Kier molecular flexibility index (Phi) is 6.92. The van der Waals surface area contributed by atoms with E-state index in [0.29, 0.717) is 15.2 Å². The molecule has 3 aromatic carbocycles. The number of anilines is 1. The van der Waals surface area contributed by atoms with E-state index in [-0.39, 0.29) is 0 Å². The van der Waals surface area contributed by atoms with Crippen LogP contribution in [0.3, 0.4) is 0 Å². The van der Waals surface area contributed by atoms with Gasteiger partial charge in [-0.2, -0.15) is 0 Å². The molecule has 3 aromatic rings. The molecule has 0 bridgehead atoms. The maximum absolute atomic E-state index is 6.31. The van der Waals surface area contributed by atoms with Crippen LogP contribution in [0.1, 0.15) is 30.4 Å². The van der Waals surface area contributed by atoms with Gasteiger partial charge < -0.3 is 14.4 Å². The normalized spacial score (nSPS) is 14.3. The molecule has 0 spiro atoms. The van der Waals surface area contributed by atoms with Crippen LogP contribution in [0, 0.1) is 6.92 Å². The maximum Gasteiger partial charge on any atom is 0.169 e. The number of hydrogen-bond donors (Lipinski definition) is 0. The summed E-state index contributed by atoms with van der Waals surface area (Å²) in [6.07, 6.45) is 3.90. The molecule has 1 aliphatic heterocycles. The molecule has 30 heavy (non-hydrogen) atoms. The molecule has 3 nitrogen and oxygen atoms in total. The molecule has 1 aliphatic rings. The molecule has 1 heterocycles. The minimum absolute atomic E-state index is 0.518. The molecule has 1 atom stereocenters. The minimum atomic E-state index is 0.518. The standard InChI is InChI=1S/C26H30NO2P/c1-20-11-9-14-22(27-17-7-4-8-18-27)26(20)30-24-16-10-15-23(28-2)25(24)29-19-21-12-5-3-6-13-21/h3,5-6,9-16,30H,4,7-8,17-19H2,1-2H3. The molecular weight excluding hydrogens is 389 g/mol. The van der Waals surface area contributed by atoms with E-state index in [1.165, 1.54) is 41.1 Å². The highest BCUT2D eigenvalue weighted by molar-refractivity contribution is 7.56. The van der Waals surface area contributed by atoms with Crippen molar-refractivity contribution >= 4 is 24.9 Å². The third-order valence-electron chi connectivity index (χ3n) is 5.63. The van der Waals surface area contributed by atoms with Gasteiger partial charge >= 0.3 is 0 Å².